The summed E-state index contributed by atoms with van der Waals surface area (Å²) in [5, 5.41) is 5.75. The molecular weight excluding hydrogens is 376 g/mol. The van der Waals surface area contributed by atoms with Gasteiger partial charge in [-0.25, -0.2) is 4.79 Å². The van der Waals surface area contributed by atoms with Crippen LogP contribution < -0.4 is 16.1 Å². The highest BCUT2D eigenvalue weighted by Crippen LogP contribution is 2.34. The third-order valence-corrected chi connectivity index (χ3v) is 6.09. The number of hydrogen-bond acceptors (Lipinski definition) is 4. The minimum absolute atomic E-state index is 0.0705. The van der Waals surface area contributed by atoms with Gasteiger partial charge >= 0.3 is 6.03 Å². The lowest BCUT2D eigenvalue weighted by molar-refractivity contribution is -0.0112. The predicted molar refractivity (Wildman–Crippen MR) is 118 cm³/mol. The summed E-state index contributed by atoms with van der Waals surface area (Å²) in [4.78, 5) is 20.4. The van der Waals surface area contributed by atoms with E-state index in [0.717, 1.165) is 11.3 Å². The van der Waals surface area contributed by atoms with Gasteiger partial charge in [-0.05, 0) is 43.0 Å². The number of rotatable bonds is 5. The Morgan fingerprint density at radius 1 is 1.03 bits per heavy atom. The fourth-order valence-corrected chi connectivity index (χ4v) is 4.50. The molecule has 1 heterocycles. The molecule has 2 atom stereocenters. The zero-order chi connectivity index (χ0) is 20.8. The summed E-state index contributed by atoms with van der Waals surface area (Å²) in [6.45, 7) is 2.61. The van der Waals surface area contributed by atoms with E-state index in [1.807, 2.05) is 30.3 Å². The number of hydroxylamine groups is 1. The van der Waals surface area contributed by atoms with Crippen LogP contribution in [0.2, 0.25) is 0 Å². The van der Waals surface area contributed by atoms with Gasteiger partial charge in [0.05, 0.1) is 0 Å². The molecule has 0 bridgehead atoms. The highest BCUT2D eigenvalue weighted by atomic mass is 16.7. The van der Waals surface area contributed by atoms with Crippen LogP contribution in [-0.4, -0.2) is 23.2 Å². The maximum absolute atomic E-state index is 12.1. The quantitative estimate of drug-likeness (QED) is 0.615. The number of carbonyl (C=O) groups excluding carboxylic acids is 1. The molecule has 0 aromatic heterocycles. The molecule has 3 N–H and O–H groups in total. The van der Waals surface area contributed by atoms with Gasteiger partial charge in [0.25, 0.3) is 0 Å². The highest BCUT2D eigenvalue weighted by Gasteiger charge is 2.37. The fraction of sp³-hybridized carbons (Fsp3) is 0.458. The van der Waals surface area contributed by atoms with Gasteiger partial charge in [0, 0.05) is 18.3 Å². The minimum atomic E-state index is -0.204. The molecule has 2 amide bonds. The molecule has 2 aliphatic rings. The number of urea groups is 1. The minimum Gasteiger partial charge on any atom is -0.334 e. The van der Waals surface area contributed by atoms with E-state index >= 15 is 0 Å². The van der Waals surface area contributed by atoms with Crippen LogP contribution in [0.4, 0.5) is 10.5 Å². The second-order valence-electron chi connectivity index (χ2n) is 8.25. The first-order valence-corrected chi connectivity index (χ1v) is 11.1. The fourth-order valence-electron chi connectivity index (χ4n) is 4.50. The van der Waals surface area contributed by atoms with Crippen molar-refractivity contribution in [3.05, 3.63) is 65.7 Å². The zero-order valence-corrected chi connectivity index (χ0v) is 17.6. The second kappa shape index (κ2) is 10.1. The van der Waals surface area contributed by atoms with Gasteiger partial charge in [0.1, 0.15) is 12.4 Å². The molecule has 30 heavy (non-hydrogen) atoms. The van der Waals surface area contributed by atoms with Gasteiger partial charge in [0.15, 0.2) is 0 Å². The highest BCUT2D eigenvalue weighted by molar-refractivity contribution is 5.89. The maximum Gasteiger partial charge on any atom is 0.319 e. The van der Waals surface area contributed by atoms with E-state index in [-0.39, 0.29) is 18.4 Å². The van der Waals surface area contributed by atoms with Crippen LogP contribution in [-0.2, 0) is 11.4 Å². The van der Waals surface area contributed by atoms with E-state index in [4.69, 9.17) is 4.84 Å². The average molecular weight is 409 g/mol. The first kappa shape index (κ1) is 20.8. The molecule has 2 aromatic carbocycles. The van der Waals surface area contributed by atoms with Crippen LogP contribution in [0.5, 0.6) is 0 Å². The van der Waals surface area contributed by atoms with Crippen LogP contribution >= 0.6 is 0 Å². The van der Waals surface area contributed by atoms with Crippen molar-refractivity contribution in [1.82, 2.24) is 15.7 Å². The summed E-state index contributed by atoms with van der Waals surface area (Å²) in [7, 11) is 0. The molecule has 1 saturated carbocycles. The van der Waals surface area contributed by atoms with Crippen molar-refractivity contribution in [2.45, 2.75) is 70.4 Å². The Balaban J connectivity index is 1.34. The van der Waals surface area contributed by atoms with Gasteiger partial charge in [0.2, 0.25) is 0 Å². The Kier molecular flexibility index (Phi) is 7.00. The third kappa shape index (κ3) is 5.19. The number of nitrogens with one attached hydrogen (secondary N) is 3. The standard InChI is InChI=1S/C24H32N4O2/c1-18-28(22-11-7-2-3-8-12-22)23(27-30-18)20-15-13-19(14-16-20)17-25-24(29)26-21-9-5-4-6-10-21/h4-6,9-10,13-16,18,22-23,27H,2-3,7-8,11-12,17H2,1H3,(H2,25,26,29). The van der Waals surface area contributed by atoms with Crippen molar-refractivity contribution >= 4 is 11.7 Å². The monoisotopic (exact) mass is 408 g/mol. The lowest BCUT2D eigenvalue weighted by Crippen LogP contribution is -2.40. The Morgan fingerprint density at radius 2 is 1.73 bits per heavy atom. The number of carbonyl (C=O) groups is 1. The van der Waals surface area contributed by atoms with E-state index in [2.05, 4.69) is 52.2 Å². The topological polar surface area (TPSA) is 65.6 Å². The van der Waals surface area contributed by atoms with Gasteiger partial charge in [-0.15, -0.1) is 0 Å². The van der Waals surface area contributed by atoms with Gasteiger partial charge in [-0.2, -0.15) is 5.48 Å². The summed E-state index contributed by atoms with van der Waals surface area (Å²) < 4.78 is 0. The third-order valence-electron chi connectivity index (χ3n) is 6.09. The van der Waals surface area contributed by atoms with Crippen molar-refractivity contribution in [3.63, 3.8) is 0 Å². The van der Waals surface area contributed by atoms with Gasteiger partial charge in [-0.3, -0.25) is 9.74 Å². The first-order chi connectivity index (χ1) is 14.7. The number of amides is 2. The second-order valence-corrected chi connectivity index (χ2v) is 8.25. The Bertz CT molecular complexity index is 804. The summed E-state index contributed by atoms with van der Waals surface area (Å²) >= 11 is 0. The molecule has 2 unspecified atom stereocenters. The van der Waals surface area contributed by atoms with Crippen molar-refractivity contribution in [3.8, 4) is 0 Å². The lowest BCUT2D eigenvalue weighted by Gasteiger charge is -2.33. The number of anilines is 1. The Hall–Kier alpha value is -2.41. The normalized spacial score (nSPS) is 23.1. The molecule has 0 radical (unpaired) electrons. The van der Waals surface area contributed by atoms with Crippen LogP contribution in [0.3, 0.4) is 0 Å². The van der Waals surface area contributed by atoms with E-state index in [0.29, 0.717) is 12.6 Å². The molecule has 0 spiro atoms. The lowest BCUT2D eigenvalue weighted by atomic mass is 10.0. The number of hydrogen-bond donors (Lipinski definition) is 3. The van der Waals surface area contributed by atoms with Gasteiger partial charge < -0.3 is 10.6 Å². The summed E-state index contributed by atoms with van der Waals surface area (Å²) in [6.07, 6.45) is 7.92. The molecule has 2 fully saturated rings. The van der Waals surface area contributed by atoms with E-state index in [1.54, 1.807) is 0 Å². The van der Waals surface area contributed by atoms with Crippen molar-refractivity contribution in [2.24, 2.45) is 0 Å². The summed E-state index contributed by atoms with van der Waals surface area (Å²) in [6, 6.07) is 18.2. The molecule has 1 aliphatic heterocycles. The largest absolute Gasteiger partial charge is 0.334 e. The van der Waals surface area contributed by atoms with Crippen molar-refractivity contribution in [2.75, 3.05) is 5.32 Å². The van der Waals surface area contributed by atoms with Gasteiger partial charge in [-0.1, -0.05) is 68.1 Å². The molecule has 1 saturated heterocycles. The first-order valence-electron chi connectivity index (χ1n) is 11.1. The smallest absolute Gasteiger partial charge is 0.319 e. The molecule has 6 nitrogen and oxygen atoms in total. The zero-order valence-electron chi connectivity index (χ0n) is 17.6. The van der Waals surface area contributed by atoms with E-state index in [1.165, 1.54) is 44.1 Å². The molecule has 6 heteroatoms. The number of nitrogens with zero attached hydrogens (tertiary/aromatic N) is 1. The SMILES string of the molecule is CC1ONC(c2ccc(CNC(=O)Nc3ccccc3)cc2)N1C1CCCCCC1. The summed E-state index contributed by atoms with van der Waals surface area (Å²) in [5.74, 6) is 0. The average Bonchev–Trinajstić information content (AvgIpc) is 2.97. The van der Waals surface area contributed by atoms with Crippen LogP contribution in [0, 0.1) is 0 Å². The van der Waals surface area contributed by atoms with E-state index < -0.39 is 0 Å². The number of benzene rings is 2. The molecule has 4 rings (SSSR count). The predicted octanol–water partition coefficient (Wildman–Crippen LogP) is 4.91. The molecule has 1 aliphatic carbocycles. The van der Waals surface area contributed by atoms with Crippen molar-refractivity contribution in [1.29, 1.82) is 0 Å². The maximum atomic E-state index is 12.1. The molecular formula is C24H32N4O2. The summed E-state index contributed by atoms with van der Waals surface area (Å²) in [5.41, 5.74) is 6.28. The Labute approximate surface area is 178 Å². The molecule has 2 aromatic rings. The molecule has 160 valence electrons. The van der Waals surface area contributed by atoms with Crippen molar-refractivity contribution < 1.29 is 9.63 Å². The van der Waals surface area contributed by atoms with Crippen LogP contribution in [0.1, 0.15) is 62.7 Å². The van der Waals surface area contributed by atoms with Crippen LogP contribution in [0.15, 0.2) is 54.6 Å². The van der Waals surface area contributed by atoms with Crippen LogP contribution in [0.25, 0.3) is 0 Å². The van der Waals surface area contributed by atoms with E-state index in [9.17, 15) is 4.79 Å². The Morgan fingerprint density at radius 3 is 2.43 bits per heavy atom. The number of para-hydroxylation sites is 1.